The van der Waals surface area contributed by atoms with Gasteiger partial charge in [-0.15, -0.1) is 0 Å². The molecule has 1 aliphatic heterocycles. The largest absolute Gasteiger partial charge is 0.417 e. The summed E-state index contributed by atoms with van der Waals surface area (Å²) < 4.78 is 39.8. The van der Waals surface area contributed by atoms with E-state index in [0.717, 1.165) is 11.6 Å². The van der Waals surface area contributed by atoms with Gasteiger partial charge in [0.1, 0.15) is 0 Å². The van der Waals surface area contributed by atoms with Gasteiger partial charge in [-0.3, -0.25) is 9.59 Å². The first-order valence-electron chi connectivity index (χ1n) is 11.2. The molecule has 2 heterocycles. The Hall–Kier alpha value is -3.95. The number of aromatic nitrogens is 2. The second-order valence-electron chi connectivity index (χ2n) is 8.08. The molecular weight excluding hydrogens is 459 g/mol. The van der Waals surface area contributed by atoms with Gasteiger partial charge in [0.05, 0.1) is 29.2 Å². The Balaban J connectivity index is 1.30. The second kappa shape index (κ2) is 10.5. The predicted molar refractivity (Wildman–Crippen MR) is 124 cm³/mol. The van der Waals surface area contributed by atoms with E-state index in [9.17, 15) is 22.8 Å². The van der Waals surface area contributed by atoms with E-state index in [4.69, 9.17) is 0 Å². The van der Waals surface area contributed by atoms with Gasteiger partial charge in [0.25, 0.3) is 11.8 Å². The third kappa shape index (κ3) is 5.95. The number of benzene rings is 2. The van der Waals surface area contributed by atoms with Crippen LogP contribution in [-0.2, 0) is 12.6 Å². The Morgan fingerprint density at radius 2 is 1.51 bits per heavy atom. The van der Waals surface area contributed by atoms with Crippen LogP contribution in [-0.4, -0.2) is 59.4 Å². The van der Waals surface area contributed by atoms with E-state index in [-0.39, 0.29) is 30.4 Å². The molecule has 35 heavy (non-hydrogen) atoms. The Labute approximate surface area is 200 Å². The maximum atomic E-state index is 13.3. The van der Waals surface area contributed by atoms with Gasteiger partial charge in [0, 0.05) is 32.7 Å². The molecule has 2 aromatic carbocycles. The van der Waals surface area contributed by atoms with Gasteiger partial charge in [-0.05, 0) is 24.1 Å². The molecule has 0 bridgehead atoms. The number of anilines is 1. The first kappa shape index (κ1) is 24.2. The summed E-state index contributed by atoms with van der Waals surface area (Å²) in [4.78, 5) is 36.7. The van der Waals surface area contributed by atoms with E-state index in [1.165, 1.54) is 35.5 Å². The summed E-state index contributed by atoms with van der Waals surface area (Å²) in [6.45, 7) is 1.79. The van der Waals surface area contributed by atoms with Crippen molar-refractivity contribution < 1.29 is 22.8 Å². The molecule has 1 saturated heterocycles. The van der Waals surface area contributed by atoms with Gasteiger partial charge < -0.3 is 15.1 Å². The van der Waals surface area contributed by atoms with E-state index >= 15 is 0 Å². The first-order valence-corrected chi connectivity index (χ1v) is 11.2. The Morgan fingerprint density at radius 3 is 2.17 bits per heavy atom. The van der Waals surface area contributed by atoms with E-state index in [1.807, 2.05) is 35.2 Å². The molecule has 0 saturated carbocycles. The Morgan fingerprint density at radius 1 is 0.886 bits per heavy atom. The minimum Gasteiger partial charge on any atom is -0.365 e. The number of nitrogens with zero attached hydrogens (tertiary/aromatic N) is 4. The highest BCUT2D eigenvalue weighted by atomic mass is 19.4. The van der Waals surface area contributed by atoms with Crippen molar-refractivity contribution in [1.82, 2.24) is 20.2 Å². The van der Waals surface area contributed by atoms with Crippen molar-refractivity contribution in [3.8, 4) is 0 Å². The number of alkyl halides is 3. The van der Waals surface area contributed by atoms with Gasteiger partial charge >= 0.3 is 6.18 Å². The molecule has 4 rings (SSSR count). The summed E-state index contributed by atoms with van der Waals surface area (Å²) in [5.41, 5.74) is 0.509. The van der Waals surface area contributed by atoms with Crippen LogP contribution >= 0.6 is 0 Å². The lowest BCUT2D eigenvalue weighted by atomic mass is 10.1. The number of hydrogen-bond acceptors (Lipinski definition) is 5. The van der Waals surface area contributed by atoms with Crippen LogP contribution in [0.2, 0.25) is 0 Å². The van der Waals surface area contributed by atoms with Crippen molar-refractivity contribution in [3.05, 3.63) is 89.5 Å². The minimum atomic E-state index is -4.60. The molecule has 0 atom stereocenters. The molecule has 10 heteroatoms. The number of hydrogen-bond donors (Lipinski definition) is 1. The molecule has 1 aromatic heterocycles. The van der Waals surface area contributed by atoms with E-state index < -0.39 is 17.6 Å². The summed E-state index contributed by atoms with van der Waals surface area (Å²) in [5, 5.41) is 2.79. The SMILES string of the molecule is O=C(NCCc1ccccc1)c1ncc(N2CCN(C(=O)c3ccccc3C(F)(F)F)CC2)cn1. The van der Waals surface area contributed by atoms with Crippen molar-refractivity contribution in [2.75, 3.05) is 37.6 Å². The van der Waals surface area contributed by atoms with Crippen LogP contribution in [0.15, 0.2) is 67.0 Å². The fourth-order valence-corrected chi connectivity index (χ4v) is 3.90. The van der Waals surface area contributed by atoms with Gasteiger partial charge in [0.2, 0.25) is 5.82 Å². The average Bonchev–Trinajstić information content (AvgIpc) is 2.88. The number of halogens is 3. The zero-order valence-corrected chi connectivity index (χ0v) is 18.8. The second-order valence-corrected chi connectivity index (χ2v) is 8.08. The first-order chi connectivity index (χ1) is 16.8. The molecule has 2 amide bonds. The van der Waals surface area contributed by atoms with Crippen LogP contribution in [0.4, 0.5) is 18.9 Å². The van der Waals surface area contributed by atoms with E-state index in [1.54, 1.807) is 0 Å². The smallest absolute Gasteiger partial charge is 0.365 e. The monoisotopic (exact) mass is 483 g/mol. The topological polar surface area (TPSA) is 78.4 Å². The van der Waals surface area contributed by atoms with Gasteiger partial charge in [-0.2, -0.15) is 13.2 Å². The molecule has 1 fully saturated rings. The van der Waals surface area contributed by atoms with Crippen LogP contribution in [0.5, 0.6) is 0 Å². The molecule has 0 unspecified atom stereocenters. The summed E-state index contributed by atoms with van der Waals surface area (Å²) >= 11 is 0. The maximum absolute atomic E-state index is 13.3. The van der Waals surface area contributed by atoms with Gasteiger partial charge in [-0.1, -0.05) is 42.5 Å². The summed E-state index contributed by atoms with van der Waals surface area (Å²) in [6.07, 6.45) is -0.826. The lowest BCUT2D eigenvalue weighted by Crippen LogP contribution is -2.49. The Bertz CT molecular complexity index is 1160. The van der Waals surface area contributed by atoms with Crippen molar-refractivity contribution in [1.29, 1.82) is 0 Å². The molecule has 1 aliphatic rings. The normalized spacial score (nSPS) is 14.0. The fraction of sp³-hybridized carbons (Fsp3) is 0.280. The van der Waals surface area contributed by atoms with Crippen molar-refractivity contribution >= 4 is 17.5 Å². The summed E-state index contributed by atoms with van der Waals surface area (Å²) in [5.74, 6) is -0.957. The minimum absolute atomic E-state index is 0.0550. The standard InChI is InChI=1S/C25H24F3N5O2/c26-25(27,28)21-9-5-4-8-20(21)24(35)33-14-12-32(13-15-33)19-16-30-22(31-17-19)23(34)29-11-10-18-6-2-1-3-7-18/h1-9,16-17H,10-15H2,(H,29,34). The molecule has 182 valence electrons. The number of rotatable bonds is 6. The summed E-state index contributed by atoms with van der Waals surface area (Å²) in [6, 6.07) is 14.6. The third-order valence-electron chi connectivity index (χ3n) is 5.78. The molecule has 0 spiro atoms. The van der Waals surface area contributed by atoms with Crippen molar-refractivity contribution in [3.63, 3.8) is 0 Å². The predicted octanol–water partition coefficient (Wildman–Crippen LogP) is 3.43. The number of amides is 2. The maximum Gasteiger partial charge on any atom is 0.417 e. The number of nitrogens with one attached hydrogen (secondary N) is 1. The number of carbonyl (C=O) groups is 2. The van der Waals surface area contributed by atoms with Crippen LogP contribution < -0.4 is 10.2 Å². The van der Waals surface area contributed by atoms with Crippen molar-refractivity contribution in [2.45, 2.75) is 12.6 Å². The molecule has 0 aliphatic carbocycles. The lowest BCUT2D eigenvalue weighted by molar-refractivity contribution is -0.138. The number of piperazine rings is 1. The molecule has 1 N–H and O–H groups in total. The lowest BCUT2D eigenvalue weighted by Gasteiger charge is -2.36. The third-order valence-corrected chi connectivity index (χ3v) is 5.78. The van der Waals surface area contributed by atoms with Crippen molar-refractivity contribution in [2.24, 2.45) is 0 Å². The molecular formula is C25H24F3N5O2. The van der Waals surface area contributed by atoms with Crippen LogP contribution in [0.3, 0.4) is 0 Å². The highest BCUT2D eigenvalue weighted by Crippen LogP contribution is 2.32. The molecule has 0 radical (unpaired) electrons. The van der Waals surface area contributed by atoms with Crippen LogP contribution in [0.1, 0.15) is 32.1 Å². The number of carbonyl (C=O) groups excluding carboxylic acids is 2. The van der Waals surface area contributed by atoms with Gasteiger partial charge in [0.15, 0.2) is 0 Å². The van der Waals surface area contributed by atoms with E-state index in [2.05, 4.69) is 15.3 Å². The molecule has 7 nitrogen and oxygen atoms in total. The zero-order valence-electron chi connectivity index (χ0n) is 18.8. The zero-order chi connectivity index (χ0) is 24.8. The quantitative estimate of drug-likeness (QED) is 0.581. The van der Waals surface area contributed by atoms with Crippen LogP contribution in [0, 0.1) is 0 Å². The fourth-order valence-electron chi connectivity index (χ4n) is 3.90. The average molecular weight is 483 g/mol. The summed E-state index contributed by atoms with van der Waals surface area (Å²) in [7, 11) is 0. The molecule has 3 aromatic rings. The van der Waals surface area contributed by atoms with E-state index in [0.29, 0.717) is 31.7 Å². The highest BCUT2D eigenvalue weighted by Gasteiger charge is 2.36. The Kier molecular flexibility index (Phi) is 7.28. The van der Waals surface area contributed by atoms with Crippen LogP contribution in [0.25, 0.3) is 0 Å². The van der Waals surface area contributed by atoms with Gasteiger partial charge in [-0.25, -0.2) is 9.97 Å². The highest BCUT2D eigenvalue weighted by molar-refractivity contribution is 5.96.